The summed E-state index contributed by atoms with van der Waals surface area (Å²) in [6.45, 7) is 0. The number of carbonyl (C=O) groups is 1. The minimum absolute atomic E-state index is 0.317. The van der Waals surface area contributed by atoms with Crippen molar-refractivity contribution in [2.45, 2.75) is 0 Å². The van der Waals surface area contributed by atoms with E-state index >= 15 is 0 Å². The normalized spacial score (nSPS) is 10.3. The Balaban J connectivity index is 2.19. The summed E-state index contributed by atoms with van der Waals surface area (Å²) in [6, 6.07) is 9.00. The van der Waals surface area contributed by atoms with Gasteiger partial charge < -0.3 is 15.2 Å². The zero-order valence-electron chi connectivity index (χ0n) is 11.3. The van der Waals surface area contributed by atoms with Crippen LogP contribution in [0.25, 0.3) is 11.3 Å². The SMILES string of the molecule is CN(C)C(=N)c1ccc(-c2cc([CH]C(N)=O)on2)cc1. The molecule has 0 fully saturated rings. The summed E-state index contributed by atoms with van der Waals surface area (Å²) in [4.78, 5) is 12.5. The van der Waals surface area contributed by atoms with Crippen molar-refractivity contribution in [2.24, 2.45) is 5.73 Å². The summed E-state index contributed by atoms with van der Waals surface area (Å²) in [6.07, 6.45) is 1.17. The smallest absolute Gasteiger partial charge is 0.229 e. The third kappa shape index (κ3) is 3.03. The topological polar surface area (TPSA) is 96.2 Å². The lowest BCUT2D eigenvalue weighted by molar-refractivity contribution is -0.114. The molecule has 2 rings (SSSR count). The van der Waals surface area contributed by atoms with E-state index in [4.69, 9.17) is 15.7 Å². The summed E-state index contributed by atoms with van der Waals surface area (Å²) in [5.41, 5.74) is 7.31. The second kappa shape index (κ2) is 5.56. The number of nitrogens with one attached hydrogen (secondary N) is 1. The van der Waals surface area contributed by atoms with Crippen LogP contribution in [0.3, 0.4) is 0 Å². The fraction of sp³-hybridized carbons (Fsp3) is 0.143. The van der Waals surface area contributed by atoms with E-state index in [-0.39, 0.29) is 0 Å². The highest BCUT2D eigenvalue weighted by molar-refractivity contribution is 5.96. The molecule has 3 N–H and O–H groups in total. The van der Waals surface area contributed by atoms with Crippen LogP contribution in [0.4, 0.5) is 0 Å². The standard InChI is InChI=1S/C14H15N4O2/c1-18(2)14(16)10-5-3-9(4-6-10)12-7-11(20-17-12)8-13(15)19/h3-8,16H,1-2H3,(H2,15,19). The van der Waals surface area contributed by atoms with Crippen LogP contribution in [0.15, 0.2) is 34.9 Å². The van der Waals surface area contributed by atoms with Crippen LogP contribution in [0.5, 0.6) is 0 Å². The predicted octanol–water partition coefficient (Wildman–Crippen LogP) is 1.27. The minimum Gasteiger partial charge on any atom is -0.369 e. The van der Waals surface area contributed by atoms with Crippen molar-refractivity contribution in [2.75, 3.05) is 14.1 Å². The van der Waals surface area contributed by atoms with E-state index in [1.54, 1.807) is 11.0 Å². The molecule has 1 heterocycles. The molecule has 0 saturated carbocycles. The van der Waals surface area contributed by atoms with Gasteiger partial charge in [-0.3, -0.25) is 10.2 Å². The van der Waals surface area contributed by atoms with Crippen LogP contribution in [0.1, 0.15) is 11.3 Å². The van der Waals surface area contributed by atoms with Crippen molar-refractivity contribution >= 4 is 11.7 Å². The van der Waals surface area contributed by atoms with Gasteiger partial charge in [-0.05, 0) is 0 Å². The number of nitrogens with two attached hydrogens (primary N) is 1. The number of hydrogen-bond donors (Lipinski definition) is 2. The van der Waals surface area contributed by atoms with Crippen LogP contribution in [-0.2, 0) is 4.79 Å². The maximum absolute atomic E-state index is 10.7. The maximum Gasteiger partial charge on any atom is 0.229 e. The molecule has 6 heteroatoms. The highest BCUT2D eigenvalue weighted by Gasteiger charge is 2.10. The van der Waals surface area contributed by atoms with Crippen molar-refractivity contribution in [1.29, 1.82) is 5.41 Å². The van der Waals surface area contributed by atoms with E-state index in [1.807, 2.05) is 38.4 Å². The summed E-state index contributed by atoms with van der Waals surface area (Å²) in [5.74, 6) is 0.166. The van der Waals surface area contributed by atoms with Crippen LogP contribution < -0.4 is 5.73 Å². The monoisotopic (exact) mass is 271 g/mol. The van der Waals surface area contributed by atoms with Crippen molar-refractivity contribution in [1.82, 2.24) is 10.1 Å². The van der Waals surface area contributed by atoms with Crippen molar-refractivity contribution in [3.05, 3.63) is 48.1 Å². The first-order chi connectivity index (χ1) is 9.47. The molecule has 1 radical (unpaired) electrons. The van der Waals surface area contributed by atoms with Gasteiger partial charge in [0.25, 0.3) is 0 Å². The number of hydrogen-bond acceptors (Lipinski definition) is 4. The summed E-state index contributed by atoms with van der Waals surface area (Å²) in [7, 11) is 3.64. The molecule has 0 aliphatic heterocycles. The molecular weight excluding hydrogens is 256 g/mol. The number of benzene rings is 1. The van der Waals surface area contributed by atoms with E-state index in [0.717, 1.165) is 11.1 Å². The van der Waals surface area contributed by atoms with E-state index in [0.29, 0.717) is 17.3 Å². The molecule has 0 saturated heterocycles. The van der Waals surface area contributed by atoms with Gasteiger partial charge in [0, 0.05) is 31.3 Å². The lowest BCUT2D eigenvalue weighted by Crippen LogP contribution is -2.21. The van der Waals surface area contributed by atoms with E-state index in [1.165, 1.54) is 6.42 Å². The molecule has 1 aromatic carbocycles. The molecule has 1 aromatic heterocycles. The second-order valence-electron chi connectivity index (χ2n) is 4.48. The Morgan fingerprint density at radius 2 is 2.00 bits per heavy atom. The average Bonchev–Trinajstić information content (AvgIpc) is 2.85. The molecule has 0 atom stereocenters. The molecule has 1 amide bonds. The average molecular weight is 271 g/mol. The summed E-state index contributed by atoms with van der Waals surface area (Å²) >= 11 is 0. The van der Waals surface area contributed by atoms with Gasteiger partial charge >= 0.3 is 0 Å². The Morgan fingerprint density at radius 3 is 2.55 bits per heavy atom. The van der Waals surface area contributed by atoms with Crippen LogP contribution in [0, 0.1) is 11.8 Å². The summed E-state index contributed by atoms with van der Waals surface area (Å²) in [5, 5.41) is 11.7. The second-order valence-corrected chi connectivity index (χ2v) is 4.48. The lowest BCUT2D eigenvalue weighted by Gasteiger charge is -2.13. The Bertz CT molecular complexity index is 629. The quantitative estimate of drug-likeness (QED) is 0.646. The number of primary amides is 1. The van der Waals surface area contributed by atoms with Gasteiger partial charge in [0.2, 0.25) is 5.91 Å². The van der Waals surface area contributed by atoms with E-state index in [9.17, 15) is 4.79 Å². The first-order valence-corrected chi connectivity index (χ1v) is 5.95. The largest absolute Gasteiger partial charge is 0.369 e. The third-order valence-electron chi connectivity index (χ3n) is 2.71. The Kier molecular flexibility index (Phi) is 3.84. The van der Waals surface area contributed by atoms with Crippen molar-refractivity contribution < 1.29 is 9.32 Å². The van der Waals surface area contributed by atoms with Crippen molar-refractivity contribution in [3.63, 3.8) is 0 Å². The van der Waals surface area contributed by atoms with Gasteiger partial charge in [0.15, 0.2) is 5.76 Å². The molecular formula is C14H15N4O2. The zero-order valence-corrected chi connectivity index (χ0v) is 11.3. The lowest BCUT2D eigenvalue weighted by atomic mass is 10.1. The van der Waals surface area contributed by atoms with E-state index in [2.05, 4.69) is 5.16 Å². The van der Waals surface area contributed by atoms with Crippen LogP contribution >= 0.6 is 0 Å². The molecule has 0 spiro atoms. The Labute approximate surface area is 116 Å². The van der Waals surface area contributed by atoms with Crippen LogP contribution in [0.2, 0.25) is 0 Å². The molecule has 0 aliphatic rings. The Morgan fingerprint density at radius 1 is 1.35 bits per heavy atom. The number of nitrogens with zero attached hydrogens (tertiary/aromatic N) is 2. The van der Waals surface area contributed by atoms with Gasteiger partial charge in [-0.25, -0.2) is 0 Å². The van der Waals surface area contributed by atoms with Crippen molar-refractivity contribution in [3.8, 4) is 11.3 Å². The van der Waals surface area contributed by atoms with Gasteiger partial charge in [-0.15, -0.1) is 0 Å². The fourth-order valence-corrected chi connectivity index (χ4v) is 1.69. The Hall–Kier alpha value is -2.63. The molecule has 0 unspecified atom stereocenters. The van der Waals surface area contributed by atoms with Gasteiger partial charge in [0.05, 0.1) is 0 Å². The zero-order chi connectivity index (χ0) is 14.7. The summed E-state index contributed by atoms with van der Waals surface area (Å²) < 4.78 is 4.99. The highest BCUT2D eigenvalue weighted by atomic mass is 16.5. The molecule has 20 heavy (non-hydrogen) atoms. The first kappa shape index (κ1) is 13.8. The molecule has 0 bridgehead atoms. The third-order valence-corrected chi connectivity index (χ3v) is 2.71. The number of rotatable bonds is 4. The first-order valence-electron chi connectivity index (χ1n) is 5.95. The number of amides is 1. The number of carbonyl (C=O) groups excluding carboxylic acids is 1. The fourth-order valence-electron chi connectivity index (χ4n) is 1.69. The van der Waals surface area contributed by atoms with Gasteiger partial charge in [0.1, 0.15) is 18.0 Å². The highest BCUT2D eigenvalue weighted by Crippen LogP contribution is 2.20. The molecule has 103 valence electrons. The van der Waals surface area contributed by atoms with Gasteiger partial charge in [-0.1, -0.05) is 29.4 Å². The predicted molar refractivity (Wildman–Crippen MR) is 75.1 cm³/mol. The maximum atomic E-state index is 10.7. The van der Waals surface area contributed by atoms with E-state index < -0.39 is 5.91 Å². The number of aromatic nitrogens is 1. The number of amidine groups is 1. The molecule has 2 aromatic rings. The van der Waals surface area contributed by atoms with Crippen LogP contribution in [-0.4, -0.2) is 35.9 Å². The van der Waals surface area contributed by atoms with Gasteiger partial charge in [-0.2, -0.15) is 0 Å². The molecule has 6 nitrogen and oxygen atoms in total. The minimum atomic E-state index is -0.581. The molecule has 0 aliphatic carbocycles.